The van der Waals surface area contributed by atoms with E-state index >= 15 is 0 Å². The van der Waals surface area contributed by atoms with Crippen molar-refractivity contribution in [2.45, 2.75) is 19.6 Å². The summed E-state index contributed by atoms with van der Waals surface area (Å²) >= 11 is 15.1. The average molecular weight is 419 g/mol. The van der Waals surface area contributed by atoms with Crippen molar-refractivity contribution in [3.05, 3.63) is 45.9 Å². The van der Waals surface area contributed by atoms with Crippen LogP contribution in [0.15, 0.2) is 43.8 Å². The molecule has 0 aromatic heterocycles. The van der Waals surface area contributed by atoms with Crippen LogP contribution in [0.2, 0.25) is 10.0 Å². The Morgan fingerprint density at radius 1 is 0.913 bits per heavy atom. The van der Waals surface area contributed by atoms with E-state index in [0.29, 0.717) is 12.1 Å². The first-order valence-corrected chi connectivity index (χ1v) is 9.48. The summed E-state index contributed by atoms with van der Waals surface area (Å²) in [6.45, 7) is 0. The third-order valence-electron chi connectivity index (χ3n) is 2.78. The molecule has 0 spiro atoms. The number of rotatable bonds is 3. The van der Waals surface area contributed by atoms with Crippen molar-refractivity contribution in [1.29, 1.82) is 0 Å². The first-order chi connectivity index (χ1) is 10.6. The highest BCUT2D eigenvalue weighted by molar-refractivity contribution is 7.91. The van der Waals surface area contributed by atoms with E-state index in [9.17, 15) is 25.6 Å². The van der Waals surface area contributed by atoms with Gasteiger partial charge >= 0.3 is 0 Å². The van der Waals surface area contributed by atoms with Crippen molar-refractivity contribution in [2.24, 2.45) is 0 Å². The molecule has 0 atom stereocenters. The van der Waals surface area contributed by atoms with Crippen LogP contribution in [0.5, 0.6) is 0 Å². The van der Waals surface area contributed by atoms with Crippen molar-refractivity contribution < 1.29 is 25.6 Å². The Balaban J connectivity index is 2.71. The normalized spacial score (nSPS) is 11.9. The summed E-state index contributed by atoms with van der Waals surface area (Å²) in [6.07, 6.45) is 0. The SMILES string of the molecule is O=[SH](=O)c1c(F)cc(S(=O)(=O)c2cc(F)c(S)c(Cl)c2)cc1Cl. The standard InChI is InChI=1S/C12H6Cl2F2O4S3/c13-7-1-5(3-9(15)11(7)21)23(19,20)6-2-8(14)12(22(17)18)10(16)4-6/h1-4,21-22H. The van der Waals surface area contributed by atoms with Crippen molar-refractivity contribution >= 4 is 56.4 Å². The largest absolute Gasteiger partial charge is 0.227 e. The van der Waals surface area contributed by atoms with Gasteiger partial charge in [0.2, 0.25) is 9.84 Å². The summed E-state index contributed by atoms with van der Waals surface area (Å²) in [4.78, 5) is -2.25. The second-order valence-corrected chi connectivity index (χ2v) is 8.40. The smallest absolute Gasteiger partial charge is 0.206 e. The Morgan fingerprint density at radius 3 is 1.83 bits per heavy atom. The van der Waals surface area contributed by atoms with E-state index in [-0.39, 0.29) is 9.92 Å². The minimum Gasteiger partial charge on any atom is -0.227 e. The number of hydrogen-bond acceptors (Lipinski definition) is 5. The topological polar surface area (TPSA) is 68.3 Å². The fraction of sp³-hybridized carbons (Fsp3) is 0. The Hall–Kier alpha value is -0.870. The van der Waals surface area contributed by atoms with Crippen LogP contribution in [-0.2, 0) is 20.5 Å². The molecule has 0 aliphatic heterocycles. The average Bonchev–Trinajstić information content (AvgIpc) is 2.42. The molecular weight excluding hydrogens is 413 g/mol. The molecule has 0 fully saturated rings. The molecule has 0 N–H and O–H groups in total. The van der Waals surface area contributed by atoms with Crippen molar-refractivity contribution in [1.82, 2.24) is 0 Å². The Bertz CT molecular complexity index is 934. The van der Waals surface area contributed by atoms with Crippen LogP contribution in [0.4, 0.5) is 8.78 Å². The van der Waals surface area contributed by atoms with E-state index in [0.717, 1.165) is 12.1 Å². The molecule has 2 aromatic rings. The van der Waals surface area contributed by atoms with Crippen LogP contribution in [0.25, 0.3) is 0 Å². The van der Waals surface area contributed by atoms with Gasteiger partial charge in [-0.15, -0.1) is 12.6 Å². The Morgan fingerprint density at radius 2 is 1.39 bits per heavy atom. The van der Waals surface area contributed by atoms with Gasteiger partial charge in [0.05, 0.1) is 24.7 Å². The molecule has 2 aromatic carbocycles. The quantitative estimate of drug-likeness (QED) is 0.749. The molecule has 4 nitrogen and oxygen atoms in total. The van der Waals surface area contributed by atoms with Gasteiger partial charge in [-0.25, -0.2) is 25.6 Å². The first-order valence-electron chi connectivity index (χ1n) is 5.62. The maximum Gasteiger partial charge on any atom is 0.206 e. The van der Waals surface area contributed by atoms with Gasteiger partial charge in [-0.2, -0.15) is 0 Å². The molecule has 0 heterocycles. The second-order valence-electron chi connectivity index (χ2n) is 4.23. The fourth-order valence-corrected chi connectivity index (χ4v) is 4.40. The molecule has 0 bridgehead atoms. The van der Waals surface area contributed by atoms with Gasteiger partial charge < -0.3 is 0 Å². The zero-order valence-electron chi connectivity index (χ0n) is 10.8. The molecule has 0 aliphatic rings. The van der Waals surface area contributed by atoms with Gasteiger partial charge in [0.25, 0.3) is 0 Å². The molecular formula is C12H6Cl2F2O4S3. The summed E-state index contributed by atoms with van der Waals surface area (Å²) < 4.78 is 74.0. The van der Waals surface area contributed by atoms with E-state index in [4.69, 9.17) is 23.2 Å². The summed E-state index contributed by atoms with van der Waals surface area (Å²) in [6, 6.07) is 2.86. The van der Waals surface area contributed by atoms with Crippen LogP contribution in [0.3, 0.4) is 0 Å². The second kappa shape index (κ2) is 6.56. The van der Waals surface area contributed by atoms with E-state index in [1.807, 2.05) is 0 Å². The minimum atomic E-state index is -4.37. The van der Waals surface area contributed by atoms with Gasteiger partial charge in [-0.1, -0.05) is 23.2 Å². The van der Waals surface area contributed by atoms with Gasteiger partial charge in [0.15, 0.2) is 10.7 Å². The molecule has 2 rings (SSSR count). The van der Waals surface area contributed by atoms with E-state index in [2.05, 4.69) is 12.6 Å². The first kappa shape index (κ1) is 18.5. The van der Waals surface area contributed by atoms with E-state index in [1.54, 1.807) is 0 Å². The maximum absolute atomic E-state index is 13.8. The van der Waals surface area contributed by atoms with Gasteiger partial charge in [-0.05, 0) is 24.3 Å². The zero-order valence-corrected chi connectivity index (χ0v) is 14.9. The summed E-state index contributed by atoms with van der Waals surface area (Å²) in [7, 11) is -7.72. The monoisotopic (exact) mass is 418 g/mol. The summed E-state index contributed by atoms with van der Waals surface area (Å²) in [5.74, 6) is -2.31. The number of benzene rings is 2. The van der Waals surface area contributed by atoms with Crippen LogP contribution in [0, 0.1) is 11.6 Å². The van der Waals surface area contributed by atoms with E-state index < -0.39 is 51.9 Å². The third-order valence-corrected chi connectivity index (χ3v) is 6.63. The molecule has 11 heteroatoms. The van der Waals surface area contributed by atoms with Gasteiger partial charge in [-0.3, -0.25) is 0 Å². The highest BCUT2D eigenvalue weighted by atomic mass is 35.5. The van der Waals surface area contributed by atoms with Gasteiger partial charge in [0.1, 0.15) is 16.5 Å². The lowest BCUT2D eigenvalue weighted by atomic mass is 10.3. The van der Waals surface area contributed by atoms with Crippen molar-refractivity contribution in [2.75, 3.05) is 0 Å². The number of sulfone groups is 1. The molecule has 0 amide bonds. The predicted octanol–water partition coefficient (Wildman–Crippen LogP) is 3.36. The molecule has 124 valence electrons. The Labute approximate surface area is 147 Å². The van der Waals surface area contributed by atoms with Crippen LogP contribution >= 0.6 is 35.8 Å². The maximum atomic E-state index is 13.8. The van der Waals surface area contributed by atoms with Crippen LogP contribution < -0.4 is 0 Å². The fourth-order valence-electron chi connectivity index (χ4n) is 1.71. The molecule has 0 saturated heterocycles. The molecule has 0 unspecified atom stereocenters. The summed E-state index contributed by atoms with van der Waals surface area (Å²) in [5, 5.41) is -0.852. The lowest BCUT2D eigenvalue weighted by Gasteiger charge is -2.09. The lowest BCUT2D eigenvalue weighted by Crippen LogP contribution is -2.05. The lowest BCUT2D eigenvalue weighted by molar-refractivity contribution is 0.568. The van der Waals surface area contributed by atoms with Crippen LogP contribution in [-0.4, -0.2) is 16.8 Å². The predicted molar refractivity (Wildman–Crippen MR) is 84.1 cm³/mol. The minimum absolute atomic E-state index is 0.242. The third kappa shape index (κ3) is 3.48. The molecule has 23 heavy (non-hydrogen) atoms. The summed E-state index contributed by atoms with van der Waals surface area (Å²) in [5.41, 5.74) is 0. The molecule has 0 radical (unpaired) electrons. The highest BCUT2D eigenvalue weighted by Gasteiger charge is 2.24. The van der Waals surface area contributed by atoms with Gasteiger partial charge in [0, 0.05) is 0 Å². The molecule has 0 saturated carbocycles. The number of halogens is 4. The van der Waals surface area contributed by atoms with E-state index in [1.165, 1.54) is 0 Å². The van der Waals surface area contributed by atoms with Crippen LogP contribution in [0.1, 0.15) is 0 Å². The Kier molecular flexibility index (Phi) is 5.27. The number of hydrogen-bond donors (Lipinski definition) is 2. The van der Waals surface area contributed by atoms with Crippen molar-refractivity contribution in [3.8, 4) is 0 Å². The zero-order chi connectivity index (χ0) is 17.5. The highest BCUT2D eigenvalue weighted by Crippen LogP contribution is 2.32. The number of thiol groups is 2. The van der Waals surface area contributed by atoms with Crippen molar-refractivity contribution in [3.63, 3.8) is 0 Å². The molecule has 0 aliphatic carbocycles.